The SMILES string of the molecule is C=C1OB(c2cncc(NC(=O)OC(C)(C)C)c2)OC1(C)C. The van der Waals surface area contributed by atoms with Gasteiger partial charge in [-0.15, -0.1) is 0 Å². The molecule has 0 aromatic carbocycles. The van der Waals surface area contributed by atoms with E-state index in [1.165, 1.54) is 6.20 Å². The van der Waals surface area contributed by atoms with Crippen LogP contribution in [0, 0.1) is 0 Å². The average Bonchev–Trinajstić information content (AvgIpc) is 2.62. The highest BCUT2D eigenvalue weighted by atomic mass is 16.7. The maximum Gasteiger partial charge on any atom is 0.565 e. The van der Waals surface area contributed by atoms with Crippen molar-refractivity contribution >= 4 is 24.4 Å². The van der Waals surface area contributed by atoms with Gasteiger partial charge < -0.3 is 14.0 Å². The molecule has 1 aromatic rings. The molecule has 1 N–H and O–H groups in total. The number of hydrogen-bond donors (Lipinski definition) is 1. The Bertz CT molecular complexity index is 595. The van der Waals surface area contributed by atoms with Gasteiger partial charge in [-0.05, 0) is 40.7 Å². The summed E-state index contributed by atoms with van der Waals surface area (Å²) in [4.78, 5) is 15.9. The minimum absolute atomic E-state index is 0.509. The molecule has 1 aliphatic rings. The molecular formula is C15H21BN2O4. The third-order valence-electron chi connectivity index (χ3n) is 3.00. The second-order valence-electron chi connectivity index (χ2n) is 6.63. The molecule has 0 saturated carbocycles. The number of anilines is 1. The van der Waals surface area contributed by atoms with E-state index in [9.17, 15) is 4.79 Å². The zero-order valence-electron chi connectivity index (χ0n) is 13.6. The third-order valence-corrected chi connectivity index (χ3v) is 3.00. The zero-order chi connectivity index (χ0) is 16.5. The lowest BCUT2D eigenvalue weighted by molar-refractivity contribution is 0.0636. The van der Waals surface area contributed by atoms with Crippen LogP contribution in [-0.2, 0) is 14.0 Å². The van der Waals surface area contributed by atoms with Crippen molar-refractivity contribution in [1.82, 2.24) is 4.98 Å². The van der Waals surface area contributed by atoms with Crippen LogP contribution in [0.4, 0.5) is 10.5 Å². The number of carbonyl (C=O) groups is 1. The normalized spacial score (nSPS) is 17.1. The molecule has 0 radical (unpaired) electrons. The van der Waals surface area contributed by atoms with Crippen LogP contribution < -0.4 is 10.8 Å². The Morgan fingerprint density at radius 2 is 2.09 bits per heavy atom. The molecule has 2 heterocycles. The smallest absolute Gasteiger partial charge is 0.534 e. The van der Waals surface area contributed by atoms with Gasteiger partial charge in [0, 0.05) is 11.7 Å². The molecule has 0 bridgehead atoms. The van der Waals surface area contributed by atoms with Crippen molar-refractivity contribution < 1.29 is 18.8 Å². The highest BCUT2D eigenvalue weighted by Crippen LogP contribution is 2.29. The molecule has 0 unspecified atom stereocenters. The first-order chi connectivity index (χ1) is 10.1. The van der Waals surface area contributed by atoms with Crippen molar-refractivity contribution in [2.75, 3.05) is 5.32 Å². The standard InChI is InChI=1S/C15H21BN2O4/c1-10-15(5,6)22-16(21-10)11-7-12(9-17-8-11)18-13(19)20-14(2,3)4/h7-9H,1H2,2-6H3,(H,18,19). The molecular weight excluding hydrogens is 283 g/mol. The van der Waals surface area contributed by atoms with E-state index < -0.39 is 24.4 Å². The van der Waals surface area contributed by atoms with Crippen LogP contribution in [0.2, 0.25) is 0 Å². The molecule has 1 fully saturated rings. The molecule has 2 rings (SSSR count). The van der Waals surface area contributed by atoms with Crippen LogP contribution in [0.5, 0.6) is 0 Å². The second kappa shape index (κ2) is 5.64. The van der Waals surface area contributed by atoms with Crippen LogP contribution in [0.25, 0.3) is 0 Å². The van der Waals surface area contributed by atoms with E-state index in [0.717, 1.165) is 0 Å². The lowest BCUT2D eigenvalue weighted by Gasteiger charge is -2.19. The molecule has 0 spiro atoms. The van der Waals surface area contributed by atoms with E-state index in [2.05, 4.69) is 16.9 Å². The van der Waals surface area contributed by atoms with E-state index in [0.29, 0.717) is 16.9 Å². The third kappa shape index (κ3) is 4.01. The Morgan fingerprint density at radius 3 is 2.64 bits per heavy atom. The lowest BCUT2D eigenvalue weighted by atomic mass is 9.80. The van der Waals surface area contributed by atoms with Crippen LogP contribution in [0.15, 0.2) is 30.8 Å². The van der Waals surface area contributed by atoms with Gasteiger partial charge in [0.05, 0.1) is 17.6 Å². The van der Waals surface area contributed by atoms with Crippen molar-refractivity contribution in [3.8, 4) is 0 Å². The summed E-state index contributed by atoms with van der Waals surface area (Å²) in [6.07, 6.45) is 2.62. The lowest BCUT2D eigenvalue weighted by Crippen LogP contribution is -2.35. The predicted molar refractivity (Wildman–Crippen MR) is 84.9 cm³/mol. The molecule has 0 atom stereocenters. The van der Waals surface area contributed by atoms with Crippen molar-refractivity contribution in [3.05, 3.63) is 30.8 Å². The van der Waals surface area contributed by atoms with Crippen molar-refractivity contribution in [2.45, 2.75) is 45.8 Å². The van der Waals surface area contributed by atoms with Gasteiger partial charge >= 0.3 is 13.2 Å². The van der Waals surface area contributed by atoms with E-state index in [4.69, 9.17) is 14.0 Å². The number of aromatic nitrogens is 1. The summed E-state index contributed by atoms with van der Waals surface area (Å²) in [6.45, 7) is 13.0. The monoisotopic (exact) mass is 304 g/mol. The summed E-state index contributed by atoms with van der Waals surface area (Å²) in [5, 5.41) is 2.64. The summed E-state index contributed by atoms with van der Waals surface area (Å²) in [5.74, 6) is 0.558. The number of amides is 1. The maximum absolute atomic E-state index is 11.8. The van der Waals surface area contributed by atoms with E-state index in [1.807, 2.05) is 13.8 Å². The number of nitrogens with one attached hydrogen (secondary N) is 1. The maximum atomic E-state index is 11.8. The van der Waals surface area contributed by atoms with Gasteiger partial charge in [-0.3, -0.25) is 10.3 Å². The highest BCUT2D eigenvalue weighted by Gasteiger charge is 2.43. The van der Waals surface area contributed by atoms with Gasteiger partial charge in [0.15, 0.2) is 0 Å². The molecule has 1 aromatic heterocycles. The van der Waals surface area contributed by atoms with Crippen LogP contribution in [0.1, 0.15) is 34.6 Å². The first-order valence-corrected chi connectivity index (χ1v) is 7.06. The fourth-order valence-electron chi connectivity index (χ4n) is 1.84. The minimum Gasteiger partial charge on any atom is -0.534 e. The number of nitrogens with zero attached hydrogens (tertiary/aromatic N) is 1. The molecule has 6 nitrogen and oxygen atoms in total. The largest absolute Gasteiger partial charge is 0.565 e. The van der Waals surface area contributed by atoms with Crippen molar-refractivity contribution in [3.63, 3.8) is 0 Å². The molecule has 22 heavy (non-hydrogen) atoms. The van der Waals surface area contributed by atoms with Gasteiger partial charge in [0.1, 0.15) is 11.2 Å². The first-order valence-electron chi connectivity index (χ1n) is 7.06. The number of pyridine rings is 1. The molecule has 1 saturated heterocycles. The summed E-state index contributed by atoms with van der Waals surface area (Å²) >= 11 is 0. The molecule has 0 aliphatic carbocycles. The Balaban J connectivity index is 2.08. The minimum atomic E-state index is -0.588. The van der Waals surface area contributed by atoms with Crippen LogP contribution in [-0.4, -0.2) is 29.4 Å². The fraction of sp³-hybridized carbons (Fsp3) is 0.467. The van der Waals surface area contributed by atoms with Gasteiger partial charge in [0.25, 0.3) is 0 Å². The van der Waals surface area contributed by atoms with E-state index in [-0.39, 0.29) is 0 Å². The summed E-state index contributed by atoms with van der Waals surface area (Å²) in [6, 6.07) is 1.73. The Kier molecular flexibility index (Phi) is 4.20. The molecule has 7 heteroatoms. The summed E-state index contributed by atoms with van der Waals surface area (Å²) in [7, 11) is -0.588. The fourth-order valence-corrected chi connectivity index (χ4v) is 1.84. The van der Waals surface area contributed by atoms with Crippen molar-refractivity contribution in [2.24, 2.45) is 0 Å². The predicted octanol–water partition coefficient (Wildman–Crippen LogP) is 2.46. The summed E-state index contributed by atoms with van der Waals surface area (Å²) < 4.78 is 16.6. The number of ether oxygens (including phenoxy) is 1. The quantitative estimate of drug-likeness (QED) is 0.850. The van der Waals surface area contributed by atoms with Gasteiger partial charge in [-0.2, -0.15) is 0 Å². The molecule has 118 valence electrons. The molecule has 1 aliphatic heterocycles. The Labute approximate surface area is 131 Å². The number of carbonyl (C=O) groups excluding carboxylic acids is 1. The Morgan fingerprint density at radius 1 is 1.41 bits per heavy atom. The van der Waals surface area contributed by atoms with E-state index in [1.54, 1.807) is 33.0 Å². The second-order valence-corrected chi connectivity index (χ2v) is 6.63. The van der Waals surface area contributed by atoms with Crippen LogP contribution in [0.3, 0.4) is 0 Å². The van der Waals surface area contributed by atoms with E-state index >= 15 is 0 Å². The first kappa shape index (κ1) is 16.4. The van der Waals surface area contributed by atoms with Crippen molar-refractivity contribution in [1.29, 1.82) is 0 Å². The van der Waals surface area contributed by atoms with Crippen LogP contribution >= 0.6 is 0 Å². The zero-order valence-corrected chi connectivity index (χ0v) is 13.6. The van der Waals surface area contributed by atoms with Gasteiger partial charge in [-0.25, -0.2) is 4.79 Å². The Hall–Kier alpha value is -2.02. The average molecular weight is 304 g/mol. The molecule has 1 amide bonds. The number of rotatable bonds is 2. The number of hydrogen-bond acceptors (Lipinski definition) is 5. The van der Waals surface area contributed by atoms with Gasteiger partial charge in [0.2, 0.25) is 0 Å². The topological polar surface area (TPSA) is 69.7 Å². The summed E-state index contributed by atoms with van der Waals surface area (Å²) in [5.41, 5.74) is 0.0861. The van der Waals surface area contributed by atoms with Gasteiger partial charge in [-0.1, -0.05) is 6.58 Å². The highest BCUT2D eigenvalue weighted by molar-refractivity contribution is 6.62.